The fraction of sp³-hybridized carbons (Fsp3) is 0.368. The lowest BCUT2D eigenvalue weighted by Gasteiger charge is -2.31. The molecule has 3 aromatic heterocycles. The van der Waals surface area contributed by atoms with Gasteiger partial charge < -0.3 is 9.64 Å². The zero-order valence-corrected chi connectivity index (χ0v) is 16.3. The minimum absolute atomic E-state index is 0.00333. The molecular weight excluding hydrogens is 380 g/mol. The molecule has 146 valence electrons. The summed E-state index contributed by atoms with van der Waals surface area (Å²) in [5.41, 5.74) is 2.46. The van der Waals surface area contributed by atoms with E-state index in [2.05, 4.69) is 10.2 Å². The Bertz CT molecular complexity index is 1000. The molecule has 1 amide bonds. The summed E-state index contributed by atoms with van der Waals surface area (Å²) in [5, 5.41) is 8.53. The molecule has 0 aromatic carbocycles. The van der Waals surface area contributed by atoms with E-state index in [1.807, 2.05) is 30.4 Å². The molecule has 0 bridgehead atoms. The molecule has 4 heterocycles. The van der Waals surface area contributed by atoms with E-state index in [4.69, 9.17) is 21.3 Å². The van der Waals surface area contributed by atoms with E-state index in [9.17, 15) is 4.79 Å². The van der Waals surface area contributed by atoms with Crippen molar-refractivity contribution in [2.75, 3.05) is 19.0 Å². The molecule has 4 rings (SSSR count). The zero-order valence-electron chi connectivity index (χ0n) is 15.5. The summed E-state index contributed by atoms with van der Waals surface area (Å²) in [6.45, 7) is 1.29. The van der Waals surface area contributed by atoms with Gasteiger partial charge in [0.05, 0.1) is 24.3 Å². The first-order chi connectivity index (χ1) is 13.6. The number of alkyl halides is 1. The third kappa shape index (κ3) is 3.87. The van der Waals surface area contributed by atoms with Crippen molar-refractivity contribution in [1.82, 2.24) is 29.3 Å². The van der Waals surface area contributed by atoms with Gasteiger partial charge in [0.15, 0.2) is 0 Å². The average Bonchev–Trinajstić information content (AvgIpc) is 3.35. The molecule has 0 unspecified atom stereocenters. The van der Waals surface area contributed by atoms with Crippen molar-refractivity contribution in [2.24, 2.45) is 7.05 Å². The van der Waals surface area contributed by atoms with Gasteiger partial charge in [0.25, 0.3) is 0 Å². The Morgan fingerprint density at radius 1 is 1.32 bits per heavy atom. The van der Waals surface area contributed by atoms with Gasteiger partial charge in [0.2, 0.25) is 11.8 Å². The van der Waals surface area contributed by atoms with Crippen LogP contribution in [0.15, 0.2) is 43.0 Å². The molecule has 1 aliphatic rings. The predicted molar refractivity (Wildman–Crippen MR) is 105 cm³/mol. The maximum atomic E-state index is 12.1. The minimum Gasteiger partial charge on any atom is -0.473 e. The highest BCUT2D eigenvalue weighted by molar-refractivity contribution is 6.19. The molecule has 0 radical (unpaired) electrons. The van der Waals surface area contributed by atoms with Crippen LogP contribution in [0.1, 0.15) is 12.8 Å². The van der Waals surface area contributed by atoms with Gasteiger partial charge in [0.1, 0.15) is 11.6 Å². The summed E-state index contributed by atoms with van der Waals surface area (Å²) in [7, 11) is 1.87. The average molecular weight is 401 g/mol. The summed E-state index contributed by atoms with van der Waals surface area (Å²) in [5.74, 6) is 0.880. The van der Waals surface area contributed by atoms with Crippen LogP contribution in [-0.2, 0) is 11.8 Å². The van der Waals surface area contributed by atoms with Crippen molar-refractivity contribution in [3.8, 4) is 17.1 Å². The third-order valence-electron chi connectivity index (χ3n) is 4.74. The maximum absolute atomic E-state index is 12.1. The van der Waals surface area contributed by atoms with Crippen molar-refractivity contribution in [1.29, 1.82) is 0 Å². The van der Waals surface area contributed by atoms with Crippen LogP contribution in [0.2, 0.25) is 0 Å². The van der Waals surface area contributed by atoms with Gasteiger partial charge in [0, 0.05) is 56.7 Å². The smallest absolute Gasteiger partial charge is 0.246 e. The van der Waals surface area contributed by atoms with Gasteiger partial charge in [-0.25, -0.2) is 9.50 Å². The van der Waals surface area contributed by atoms with Crippen LogP contribution in [0.25, 0.3) is 16.8 Å². The summed E-state index contributed by atoms with van der Waals surface area (Å²) in [4.78, 5) is 18.6. The van der Waals surface area contributed by atoms with Gasteiger partial charge in [-0.15, -0.1) is 11.6 Å². The maximum Gasteiger partial charge on any atom is 0.246 e. The highest BCUT2D eigenvalue weighted by Gasteiger charge is 2.24. The number of halogens is 1. The first-order valence-electron chi connectivity index (χ1n) is 9.15. The summed E-state index contributed by atoms with van der Waals surface area (Å²) in [6.07, 6.45) is 11.9. The lowest BCUT2D eigenvalue weighted by molar-refractivity contribution is -0.127. The quantitative estimate of drug-likeness (QED) is 0.485. The van der Waals surface area contributed by atoms with E-state index in [0.717, 1.165) is 29.6 Å². The number of carbonyl (C=O) groups excluding carboxylic acids is 1. The van der Waals surface area contributed by atoms with Crippen molar-refractivity contribution in [3.05, 3.63) is 43.0 Å². The number of carbonyl (C=O) groups is 1. The highest BCUT2D eigenvalue weighted by atomic mass is 35.5. The van der Waals surface area contributed by atoms with Crippen molar-refractivity contribution >= 4 is 23.0 Å². The Balaban J connectivity index is 1.50. The van der Waals surface area contributed by atoms with Crippen molar-refractivity contribution < 1.29 is 9.53 Å². The Morgan fingerprint density at radius 3 is 2.86 bits per heavy atom. The lowest BCUT2D eigenvalue weighted by Crippen LogP contribution is -2.41. The van der Waals surface area contributed by atoms with Gasteiger partial charge in [-0.05, 0) is 6.07 Å². The molecule has 9 heteroatoms. The summed E-state index contributed by atoms with van der Waals surface area (Å²) in [6, 6.07) is 1.88. The number of amides is 1. The number of fused-ring (bicyclic) bond motifs is 1. The molecule has 0 N–H and O–H groups in total. The van der Waals surface area contributed by atoms with Crippen molar-refractivity contribution in [2.45, 2.75) is 18.9 Å². The standard InChI is InChI=1S/C19H21ClN6O2/c1-24-12-14(11-22-24)16-13-26-17(4-8-21-26)19(23-16)28-15-5-9-25(10-6-15)18(27)3-2-7-20/h2-4,8,11-13,15H,5-7,9-10H2,1H3/b3-2-. The largest absolute Gasteiger partial charge is 0.473 e. The number of ether oxygens (including phenoxy) is 1. The molecule has 0 saturated carbocycles. The number of nitrogens with zero attached hydrogens (tertiary/aromatic N) is 6. The number of aromatic nitrogens is 5. The number of hydrogen-bond donors (Lipinski definition) is 0. The van der Waals surface area contributed by atoms with E-state index in [1.165, 1.54) is 6.08 Å². The molecule has 0 atom stereocenters. The van der Waals surface area contributed by atoms with Gasteiger partial charge in [-0.1, -0.05) is 6.08 Å². The first-order valence-corrected chi connectivity index (χ1v) is 9.69. The first kappa shape index (κ1) is 18.5. The minimum atomic E-state index is -0.00557. The van der Waals surface area contributed by atoms with E-state index in [1.54, 1.807) is 27.7 Å². The Kier molecular flexibility index (Phi) is 5.29. The van der Waals surface area contributed by atoms with Gasteiger partial charge in [-0.3, -0.25) is 9.48 Å². The molecule has 8 nitrogen and oxygen atoms in total. The van der Waals surface area contributed by atoms with Crippen LogP contribution in [0.3, 0.4) is 0 Å². The molecule has 3 aromatic rings. The second-order valence-corrected chi connectivity index (χ2v) is 7.00. The number of hydrogen-bond acceptors (Lipinski definition) is 5. The normalized spacial score (nSPS) is 15.6. The Morgan fingerprint density at radius 2 is 2.14 bits per heavy atom. The van der Waals surface area contributed by atoms with Crippen LogP contribution in [0.5, 0.6) is 5.88 Å². The van der Waals surface area contributed by atoms with Gasteiger partial charge >= 0.3 is 0 Å². The van der Waals surface area contributed by atoms with E-state index in [-0.39, 0.29) is 12.0 Å². The zero-order chi connectivity index (χ0) is 19.5. The van der Waals surface area contributed by atoms with Crippen LogP contribution >= 0.6 is 11.6 Å². The second-order valence-electron chi connectivity index (χ2n) is 6.69. The number of rotatable bonds is 5. The van der Waals surface area contributed by atoms with E-state index in [0.29, 0.717) is 24.8 Å². The molecule has 1 aliphatic heterocycles. The number of aryl methyl sites for hydroxylation is 1. The fourth-order valence-corrected chi connectivity index (χ4v) is 3.37. The number of likely N-dealkylation sites (tertiary alicyclic amines) is 1. The van der Waals surface area contributed by atoms with Crippen LogP contribution in [-0.4, -0.2) is 60.3 Å². The molecule has 0 spiro atoms. The lowest BCUT2D eigenvalue weighted by atomic mass is 10.1. The predicted octanol–water partition coefficient (Wildman–Crippen LogP) is 2.29. The molecule has 28 heavy (non-hydrogen) atoms. The molecular formula is C19H21ClN6O2. The Labute approximate surface area is 167 Å². The highest BCUT2D eigenvalue weighted by Crippen LogP contribution is 2.26. The fourth-order valence-electron chi connectivity index (χ4n) is 3.28. The number of allylic oxidation sites excluding steroid dienone is 1. The van der Waals surface area contributed by atoms with E-state index < -0.39 is 0 Å². The molecule has 1 saturated heterocycles. The monoisotopic (exact) mass is 400 g/mol. The van der Waals surface area contributed by atoms with Gasteiger partial charge in [-0.2, -0.15) is 10.2 Å². The van der Waals surface area contributed by atoms with Crippen molar-refractivity contribution in [3.63, 3.8) is 0 Å². The molecule has 1 fully saturated rings. The van der Waals surface area contributed by atoms with Crippen LogP contribution < -0.4 is 4.74 Å². The molecule has 0 aliphatic carbocycles. The van der Waals surface area contributed by atoms with Crippen LogP contribution in [0.4, 0.5) is 0 Å². The van der Waals surface area contributed by atoms with Crippen LogP contribution in [0, 0.1) is 0 Å². The SMILES string of the molecule is Cn1cc(-c2cn3nccc3c(OC3CCN(C(=O)/C=C\CCl)CC3)n2)cn1. The third-order valence-corrected chi connectivity index (χ3v) is 4.92. The summed E-state index contributed by atoms with van der Waals surface area (Å²) >= 11 is 5.60. The summed E-state index contributed by atoms with van der Waals surface area (Å²) < 4.78 is 9.73. The van der Waals surface area contributed by atoms with E-state index >= 15 is 0 Å². The number of piperidine rings is 1. The second kappa shape index (κ2) is 8.02. The Hall–Kier alpha value is -2.87. The topological polar surface area (TPSA) is 77.5 Å².